The van der Waals surface area contributed by atoms with Gasteiger partial charge >= 0.3 is 5.97 Å². The van der Waals surface area contributed by atoms with E-state index in [9.17, 15) is 19.5 Å². The van der Waals surface area contributed by atoms with Gasteiger partial charge in [0.15, 0.2) is 0 Å². The third kappa shape index (κ3) is 7.33. The van der Waals surface area contributed by atoms with Gasteiger partial charge in [-0.1, -0.05) is 42.0 Å². The van der Waals surface area contributed by atoms with Crippen LogP contribution in [0.4, 0.5) is 0 Å². The van der Waals surface area contributed by atoms with Crippen molar-refractivity contribution >= 4 is 17.8 Å². The van der Waals surface area contributed by atoms with Gasteiger partial charge in [-0.15, -0.1) is 0 Å². The molecule has 1 unspecified atom stereocenters. The maximum Gasteiger partial charge on any atom is 0.329 e. The van der Waals surface area contributed by atoms with E-state index >= 15 is 0 Å². The smallest absolute Gasteiger partial charge is 0.329 e. The maximum atomic E-state index is 13.0. The van der Waals surface area contributed by atoms with Gasteiger partial charge in [-0.05, 0) is 57.4 Å². The Morgan fingerprint density at radius 1 is 1.09 bits per heavy atom. The molecule has 3 rings (SSSR count). The molecule has 7 nitrogen and oxygen atoms in total. The normalized spacial score (nSPS) is 16.9. The molecule has 1 saturated heterocycles. The fraction of sp³-hybridized carbons (Fsp3) is 0.444. The van der Waals surface area contributed by atoms with E-state index in [2.05, 4.69) is 5.32 Å². The number of carbonyl (C=O) groups is 3. The number of likely N-dealkylation sites (tertiary alicyclic amines) is 1. The van der Waals surface area contributed by atoms with Crippen LogP contribution in [0.1, 0.15) is 56.7 Å². The summed E-state index contributed by atoms with van der Waals surface area (Å²) >= 11 is 0. The van der Waals surface area contributed by atoms with Crippen molar-refractivity contribution in [3.63, 3.8) is 0 Å². The van der Waals surface area contributed by atoms with Crippen LogP contribution < -0.4 is 5.32 Å². The predicted molar refractivity (Wildman–Crippen MR) is 129 cm³/mol. The zero-order valence-corrected chi connectivity index (χ0v) is 20.3. The second-order valence-corrected chi connectivity index (χ2v) is 9.93. The standard InChI is InChI=1S/C27H34N2O5/c1-18-5-7-20(8-6-18)17-29-21(11-14-25(29)32)16-24(31)28-23(26(33)34-27(2,3)4)15-19-9-12-22(30)13-10-19/h5-10,12-13,21,23,30H,11,14-17H2,1-4H3,(H,28,31)/t21?,23-/m0/s1. The highest BCUT2D eigenvalue weighted by atomic mass is 16.6. The zero-order valence-electron chi connectivity index (χ0n) is 20.3. The Morgan fingerprint density at radius 2 is 1.71 bits per heavy atom. The number of ether oxygens (including phenoxy) is 1. The van der Waals surface area contributed by atoms with Gasteiger partial charge in [-0.25, -0.2) is 4.79 Å². The van der Waals surface area contributed by atoms with Gasteiger partial charge in [-0.3, -0.25) is 9.59 Å². The maximum absolute atomic E-state index is 13.0. The lowest BCUT2D eigenvalue weighted by molar-refractivity contribution is -0.158. The molecule has 2 N–H and O–H groups in total. The summed E-state index contributed by atoms with van der Waals surface area (Å²) in [4.78, 5) is 40.1. The number of nitrogens with one attached hydrogen (secondary N) is 1. The third-order valence-electron chi connectivity index (χ3n) is 5.75. The number of esters is 1. The first-order chi connectivity index (χ1) is 16.0. The summed E-state index contributed by atoms with van der Waals surface area (Å²) in [6.07, 6.45) is 1.37. The fourth-order valence-electron chi connectivity index (χ4n) is 4.01. The first-order valence-corrected chi connectivity index (χ1v) is 11.7. The van der Waals surface area contributed by atoms with E-state index in [-0.39, 0.29) is 36.4 Å². The second-order valence-electron chi connectivity index (χ2n) is 9.93. The minimum atomic E-state index is -0.876. The number of aromatic hydroxyl groups is 1. The highest BCUT2D eigenvalue weighted by Crippen LogP contribution is 2.24. The van der Waals surface area contributed by atoms with E-state index in [1.807, 2.05) is 31.2 Å². The van der Waals surface area contributed by atoms with E-state index in [4.69, 9.17) is 4.74 Å². The van der Waals surface area contributed by atoms with E-state index in [1.165, 1.54) is 12.1 Å². The van der Waals surface area contributed by atoms with Crippen LogP contribution in [-0.2, 0) is 32.1 Å². The number of aryl methyl sites for hydroxylation is 1. The van der Waals surface area contributed by atoms with Crippen molar-refractivity contribution in [2.75, 3.05) is 0 Å². The first kappa shape index (κ1) is 25.3. The number of benzene rings is 2. The van der Waals surface area contributed by atoms with Gasteiger partial charge in [0.1, 0.15) is 17.4 Å². The molecule has 34 heavy (non-hydrogen) atoms. The van der Waals surface area contributed by atoms with Crippen molar-refractivity contribution in [2.45, 2.75) is 77.6 Å². The van der Waals surface area contributed by atoms with Crippen molar-refractivity contribution < 1.29 is 24.2 Å². The summed E-state index contributed by atoms with van der Waals surface area (Å²) < 4.78 is 5.53. The van der Waals surface area contributed by atoms with E-state index in [0.717, 1.165) is 16.7 Å². The Hall–Kier alpha value is -3.35. The van der Waals surface area contributed by atoms with Crippen molar-refractivity contribution in [1.82, 2.24) is 10.2 Å². The van der Waals surface area contributed by atoms with Crippen LogP contribution in [0.2, 0.25) is 0 Å². The Labute approximate surface area is 201 Å². The number of hydrogen-bond acceptors (Lipinski definition) is 5. The SMILES string of the molecule is Cc1ccc(CN2C(=O)CCC2CC(=O)N[C@@H](Cc2ccc(O)cc2)C(=O)OC(C)(C)C)cc1. The largest absolute Gasteiger partial charge is 0.508 e. The lowest BCUT2D eigenvalue weighted by atomic mass is 10.0. The van der Waals surface area contributed by atoms with Crippen LogP contribution in [0.5, 0.6) is 5.75 Å². The molecule has 2 aromatic rings. The number of rotatable bonds is 8. The van der Waals surface area contributed by atoms with Gasteiger partial charge in [-0.2, -0.15) is 0 Å². The number of hydrogen-bond donors (Lipinski definition) is 2. The highest BCUT2D eigenvalue weighted by molar-refractivity contribution is 5.86. The molecule has 7 heteroatoms. The van der Waals surface area contributed by atoms with Crippen LogP contribution in [0, 0.1) is 6.92 Å². The Morgan fingerprint density at radius 3 is 2.32 bits per heavy atom. The monoisotopic (exact) mass is 466 g/mol. The first-order valence-electron chi connectivity index (χ1n) is 11.7. The molecular formula is C27H34N2O5. The third-order valence-corrected chi connectivity index (χ3v) is 5.75. The molecular weight excluding hydrogens is 432 g/mol. The van der Waals surface area contributed by atoms with Crippen molar-refractivity contribution in [3.8, 4) is 5.75 Å². The summed E-state index contributed by atoms with van der Waals surface area (Å²) in [6, 6.07) is 13.4. The number of phenolic OH excluding ortho intramolecular Hbond substituents is 1. The quantitative estimate of drug-likeness (QED) is 0.579. The molecule has 0 spiro atoms. The molecule has 0 aliphatic carbocycles. The average Bonchev–Trinajstić information content (AvgIpc) is 3.08. The topological polar surface area (TPSA) is 95.9 Å². The molecule has 0 radical (unpaired) electrons. The van der Waals surface area contributed by atoms with E-state index in [0.29, 0.717) is 19.4 Å². The average molecular weight is 467 g/mol. The Bertz CT molecular complexity index is 1010. The molecule has 1 aliphatic heterocycles. The second kappa shape index (κ2) is 10.7. The van der Waals surface area contributed by atoms with Gasteiger partial charge in [0.05, 0.1) is 0 Å². The lowest BCUT2D eigenvalue weighted by Gasteiger charge is -2.27. The van der Waals surface area contributed by atoms with Crippen LogP contribution in [-0.4, -0.2) is 45.5 Å². The number of nitrogens with zero attached hydrogens (tertiary/aromatic N) is 1. The van der Waals surface area contributed by atoms with Crippen molar-refractivity contribution in [1.29, 1.82) is 0 Å². The summed E-state index contributed by atoms with van der Waals surface area (Å²) in [5, 5.41) is 12.4. The molecule has 2 aromatic carbocycles. The molecule has 0 saturated carbocycles. The molecule has 2 atom stereocenters. The molecule has 2 amide bonds. The van der Waals surface area contributed by atoms with Crippen LogP contribution in [0.3, 0.4) is 0 Å². The summed E-state index contributed by atoms with van der Waals surface area (Å²) in [5.74, 6) is -0.663. The highest BCUT2D eigenvalue weighted by Gasteiger charge is 2.34. The van der Waals surface area contributed by atoms with E-state index in [1.54, 1.807) is 37.8 Å². The van der Waals surface area contributed by atoms with Crippen LogP contribution >= 0.6 is 0 Å². The van der Waals surface area contributed by atoms with E-state index < -0.39 is 17.6 Å². The molecule has 0 aromatic heterocycles. The lowest BCUT2D eigenvalue weighted by Crippen LogP contribution is -2.47. The summed E-state index contributed by atoms with van der Waals surface area (Å²) in [5.41, 5.74) is 2.25. The minimum absolute atomic E-state index is 0.0335. The fourth-order valence-corrected chi connectivity index (χ4v) is 4.01. The molecule has 1 aliphatic rings. The summed E-state index contributed by atoms with van der Waals surface area (Å²) in [7, 11) is 0. The van der Waals surface area contributed by atoms with Gasteiger partial charge in [0.2, 0.25) is 11.8 Å². The van der Waals surface area contributed by atoms with Crippen molar-refractivity contribution in [3.05, 3.63) is 65.2 Å². The van der Waals surface area contributed by atoms with Crippen molar-refractivity contribution in [2.24, 2.45) is 0 Å². The van der Waals surface area contributed by atoms with Gasteiger partial charge in [0, 0.05) is 31.8 Å². The Kier molecular flexibility index (Phi) is 7.97. The molecule has 182 valence electrons. The molecule has 0 bridgehead atoms. The van der Waals surface area contributed by atoms with Crippen LogP contribution in [0.25, 0.3) is 0 Å². The number of carbonyl (C=O) groups excluding carboxylic acids is 3. The zero-order chi connectivity index (χ0) is 24.9. The molecule has 1 fully saturated rings. The van der Waals surface area contributed by atoms with Crippen LogP contribution in [0.15, 0.2) is 48.5 Å². The minimum Gasteiger partial charge on any atom is -0.508 e. The predicted octanol–water partition coefficient (Wildman–Crippen LogP) is 3.65. The van der Waals surface area contributed by atoms with Gasteiger partial charge < -0.3 is 20.1 Å². The summed E-state index contributed by atoms with van der Waals surface area (Å²) in [6.45, 7) is 7.80. The van der Waals surface area contributed by atoms with Gasteiger partial charge in [0.25, 0.3) is 0 Å². The molecule has 1 heterocycles. The number of amides is 2. The Balaban J connectivity index is 1.68. The number of phenols is 1.